The van der Waals surface area contributed by atoms with E-state index in [4.69, 9.17) is 10.8 Å². The van der Waals surface area contributed by atoms with Gasteiger partial charge in [-0.15, -0.1) is 0 Å². The lowest BCUT2D eigenvalue weighted by atomic mass is 9.84. The van der Waals surface area contributed by atoms with E-state index in [0.29, 0.717) is 6.54 Å². The number of carbonyl (C=O) groups is 2. The van der Waals surface area contributed by atoms with Crippen molar-refractivity contribution in [3.05, 3.63) is 0 Å². The number of carbonyl (C=O) groups excluding carboxylic acids is 1. The van der Waals surface area contributed by atoms with Gasteiger partial charge in [-0.1, -0.05) is 26.7 Å². The van der Waals surface area contributed by atoms with Gasteiger partial charge in [0.25, 0.3) is 0 Å². The first-order chi connectivity index (χ1) is 7.93. The van der Waals surface area contributed by atoms with Crippen LogP contribution in [0.15, 0.2) is 0 Å². The minimum atomic E-state index is -0.987. The van der Waals surface area contributed by atoms with Crippen molar-refractivity contribution < 1.29 is 14.7 Å². The van der Waals surface area contributed by atoms with E-state index in [9.17, 15) is 9.59 Å². The lowest BCUT2D eigenvalue weighted by Gasteiger charge is -2.28. The maximum atomic E-state index is 12.2. The molecule has 1 aliphatic rings. The molecule has 5 heteroatoms. The molecule has 0 aromatic carbocycles. The molecule has 1 saturated carbocycles. The van der Waals surface area contributed by atoms with Gasteiger partial charge in [-0.05, 0) is 18.8 Å². The zero-order valence-electron chi connectivity index (χ0n) is 10.5. The lowest BCUT2D eigenvalue weighted by Crippen LogP contribution is -2.52. The van der Waals surface area contributed by atoms with Crippen molar-refractivity contribution in [1.29, 1.82) is 0 Å². The Bertz CT molecular complexity index is 296. The van der Waals surface area contributed by atoms with Crippen molar-refractivity contribution in [2.24, 2.45) is 17.1 Å². The summed E-state index contributed by atoms with van der Waals surface area (Å²) in [6.07, 6.45) is 3.51. The molecule has 1 atom stereocenters. The Kier molecular flexibility index (Phi) is 4.51. The molecular formula is C12H22N2O3. The number of nitrogens with two attached hydrogens (primary N) is 1. The average molecular weight is 242 g/mol. The van der Waals surface area contributed by atoms with Crippen LogP contribution in [0.25, 0.3) is 0 Å². The van der Waals surface area contributed by atoms with Gasteiger partial charge in [0, 0.05) is 6.54 Å². The second kappa shape index (κ2) is 5.49. The molecule has 0 aromatic heterocycles. The monoisotopic (exact) mass is 242 g/mol. The molecule has 0 bridgehead atoms. The Balaban J connectivity index is 2.72. The average Bonchev–Trinajstić information content (AvgIpc) is 2.74. The van der Waals surface area contributed by atoms with Crippen LogP contribution in [-0.4, -0.2) is 29.6 Å². The Labute approximate surface area is 102 Å². The van der Waals surface area contributed by atoms with Crippen LogP contribution in [-0.2, 0) is 9.59 Å². The molecule has 1 fully saturated rings. The predicted molar refractivity (Wildman–Crippen MR) is 64.4 cm³/mol. The fraction of sp³-hybridized carbons (Fsp3) is 0.833. The van der Waals surface area contributed by atoms with E-state index in [2.05, 4.69) is 5.32 Å². The first-order valence-electron chi connectivity index (χ1n) is 6.17. The van der Waals surface area contributed by atoms with Crippen LogP contribution in [0.2, 0.25) is 0 Å². The van der Waals surface area contributed by atoms with Gasteiger partial charge in [-0.2, -0.15) is 0 Å². The van der Waals surface area contributed by atoms with Crippen LogP contribution in [0.3, 0.4) is 0 Å². The summed E-state index contributed by atoms with van der Waals surface area (Å²) in [6.45, 7) is 3.86. The predicted octanol–water partition coefficient (Wildman–Crippen LogP) is 0.731. The summed E-state index contributed by atoms with van der Waals surface area (Å²) in [7, 11) is 0. The zero-order valence-corrected chi connectivity index (χ0v) is 10.5. The summed E-state index contributed by atoms with van der Waals surface area (Å²) >= 11 is 0. The molecule has 5 nitrogen and oxygen atoms in total. The van der Waals surface area contributed by atoms with E-state index < -0.39 is 17.4 Å². The summed E-state index contributed by atoms with van der Waals surface area (Å²) in [5.41, 5.74) is 5.15. The standard InChI is InChI=1S/C12H22N2O3/c1-8(2)9(10(15)16)14-11(17)12(7-13)5-3-4-6-12/h8-9H,3-7,13H2,1-2H3,(H,14,17)(H,15,16)/t9-/m0/s1. The normalized spacial score (nSPS) is 20.2. The molecule has 1 amide bonds. The van der Waals surface area contributed by atoms with E-state index >= 15 is 0 Å². The molecular weight excluding hydrogens is 220 g/mol. The third kappa shape index (κ3) is 2.97. The highest BCUT2D eigenvalue weighted by Gasteiger charge is 2.41. The number of aliphatic carboxylic acids is 1. The number of rotatable bonds is 5. The molecule has 1 aliphatic carbocycles. The third-order valence-corrected chi connectivity index (χ3v) is 3.65. The molecule has 0 spiro atoms. The van der Waals surface area contributed by atoms with Gasteiger partial charge in [0.05, 0.1) is 5.41 Å². The van der Waals surface area contributed by atoms with E-state index in [-0.39, 0.29) is 11.8 Å². The fourth-order valence-electron chi connectivity index (χ4n) is 2.38. The molecule has 0 aliphatic heterocycles. The first kappa shape index (κ1) is 14.0. The molecule has 0 saturated heterocycles. The van der Waals surface area contributed by atoms with Gasteiger partial charge in [0.15, 0.2) is 0 Å². The molecule has 4 N–H and O–H groups in total. The van der Waals surface area contributed by atoms with Crippen LogP contribution < -0.4 is 11.1 Å². The van der Waals surface area contributed by atoms with Gasteiger partial charge in [0.1, 0.15) is 6.04 Å². The summed E-state index contributed by atoms with van der Waals surface area (Å²) in [6, 6.07) is -0.827. The second-order valence-corrected chi connectivity index (χ2v) is 5.22. The van der Waals surface area contributed by atoms with Gasteiger partial charge in [-0.25, -0.2) is 4.79 Å². The van der Waals surface area contributed by atoms with Gasteiger partial charge < -0.3 is 16.2 Å². The third-order valence-electron chi connectivity index (χ3n) is 3.65. The summed E-state index contributed by atoms with van der Waals surface area (Å²) in [4.78, 5) is 23.2. The number of carboxylic acid groups (broad SMARTS) is 1. The highest BCUT2D eigenvalue weighted by Crippen LogP contribution is 2.37. The van der Waals surface area contributed by atoms with Gasteiger partial charge in [0.2, 0.25) is 5.91 Å². The number of carboxylic acids is 1. The topological polar surface area (TPSA) is 92.4 Å². The molecule has 1 rings (SSSR count). The maximum Gasteiger partial charge on any atom is 0.326 e. The van der Waals surface area contributed by atoms with Crippen LogP contribution in [0.4, 0.5) is 0 Å². The van der Waals surface area contributed by atoms with Gasteiger partial charge >= 0.3 is 5.97 Å². The Hall–Kier alpha value is -1.10. The molecule has 0 unspecified atom stereocenters. The highest BCUT2D eigenvalue weighted by molar-refractivity contribution is 5.88. The molecule has 17 heavy (non-hydrogen) atoms. The SMILES string of the molecule is CC(C)[C@H](NC(=O)C1(CN)CCCC1)C(=O)O. The minimum Gasteiger partial charge on any atom is -0.480 e. The molecule has 0 radical (unpaired) electrons. The van der Waals surface area contributed by atoms with Crippen LogP contribution in [0.5, 0.6) is 0 Å². The van der Waals surface area contributed by atoms with Crippen LogP contribution in [0, 0.1) is 11.3 Å². The smallest absolute Gasteiger partial charge is 0.326 e. The number of hydrogen-bond acceptors (Lipinski definition) is 3. The summed E-state index contributed by atoms with van der Waals surface area (Å²) in [5, 5.41) is 11.7. The molecule has 0 aromatic rings. The Morgan fingerprint density at radius 3 is 2.24 bits per heavy atom. The van der Waals surface area contributed by atoms with E-state index in [0.717, 1.165) is 25.7 Å². The number of nitrogens with one attached hydrogen (secondary N) is 1. The van der Waals surface area contributed by atoms with Crippen molar-refractivity contribution in [2.75, 3.05) is 6.54 Å². The summed E-state index contributed by atoms with van der Waals surface area (Å²) < 4.78 is 0. The van der Waals surface area contributed by atoms with E-state index in [1.807, 2.05) is 0 Å². The minimum absolute atomic E-state index is 0.132. The zero-order chi connectivity index (χ0) is 13.1. The fourth-order valence-corrected chi connectivity index (χ4v) is 2.38. The van der Waals surface area contributed by atoms with Crippen LogP contribution >= 0.6 is 0 Å². The van der Waals surface area contributed by atoms with Gasteiger partial charge in [-0.3, -0.25) is 4.79 Å². The van der Waals surface area contributed by atoms with Crippen molar-refractivity contribution in [1.82, 2.24) is 5.32 Å². The van der Waals surface area contributed by atoms with Crippen molar-refractivity contribution in [3.8, 4) is 0 Å². The summed E-state index contributed by atoms with van der Waals surface area (Å²) in [5.74, 6) is -1.32. The van der Waals surface area contributed by atoms with Crippen LogP contribution in [0.1, 0.15) is 39.5 Å². The molecule has 98 valence electrons. The quantitative estimate of drug-likeness (QED) is 0.662. The lowest BCUT2D eigenvalue weighted by molar-refractivity contribution is -0.145. The second-order valence-electron chi connectivity index (χ2n) is 5.22. The van der Waals surface area contributed by atoms with Crippen molar-refractivity contribution >= 4 is 11.9 Å². The molecule has 0 heterocycles. The number of amides is 1. The Morgan fingerprint density at radius 1 is 1.35 bits per heavy atom. The highest BCUT2D eigenvalue weighted by atomic mass is 16.4. The first-order valence-corrected chi connectivity index (χ1v) is 6.17. The van der Waals surface area contributed by atoms with E-state index in [1.54, 1.807) is 13.8 Å². The maximum absolute atomic E-state index is 12.2. The van der Waals surface area contributed by atoms with E-state index in [1.165, 1.54) is 0 Å². The van der Waals surface area contributed by atoms with Crippen molar-refractivity contribution in [3.63, 3.8) is 0 Å². The number of hydrogen-bond donors (Lipinski definition) is 3. The largest absolute Gasteiger partial charge is 0.480 e. The Morgan fingerprint density at radius 2 is 1.88 bits per heavy atom. The van der Waals surface area contributed by atoms with Crippen molar-refractivity contribution in [2.45, 2.75) is 45.6 Å².